The van der Waals surface area contributed by atoms with Crippen LogP contribution in [0.4, 0.5) is 0 Å². The van der Waals surface area contributed by atoms with Crippen LogP contribution in [0.1, 0.15) is 45.4 Å². The predicted octanol–water partition coefficient (Wildman–Crippen LogP) is 2.46. The van der Waals surface area contributed by atoms with Gasteiger partial charge in [0.05, 0.1) is 12.0 Å². The highest BCUT2D eigenvalue weighted by atomic mass is 15.0. The van der Waals surface area contributed by atoms with E-state index in [2.05, 4.69) is 18.3 Å². The average molecular weight is 192 g/mol. The van der Waals surface area contributed by atoms with E-state index < -0.39 is 0 Å². The Morgan fingerprint density at radius 2 is 2.07 bits per heavy atom. The lowest BCUT2D eigenvalue weighted by molar-refractivity contribution is 0.235. The van der Waals surface area contributed by atoms with E-state index in [1.807, 2.05) is 0 Å². The number of rotatable bonds is 3. The molecule has 2 rings (SSSR count). The highest BCUT2D eigenvalue weighted by molar-refractivity contribution is 4.99. The fourth-order valence-corrected chi connectivity index (χ4v) is 2.52. The number of hydrogen-bond donors (Lipinski definition) is 1. The molecule has 0 spiro atoms. The van der Waals surface area contributed by atoms with Crippen LogP contribution in [-0.4, -0.2) is 12.1 Å². The first-order valence-corrected chi connectivity index (χ1v) is 5.99. The third-order valence-corrected chi connectivity index (χ3v) is 3.73. The smallest absolute Gasteiger partial charge is 0.0672 e. The summed E-state index contributed by atoms with van der Waals surface area (Å²) in [5.41, 5.74) is 0. The van der Waals surface area contributed by atoms with Crippen LogP contribution in [0.15, 0.2) is 0 Å². The molecule has 0 aliphatic heterocycles. The van der Waals surface area contributed by atoms with E-state index in [4.69, 9.17) is 5.26 Å². The van der Waals surface area contributed by atoms with Gasteiger partial charge in [0.1, 0.15) is 0 Å². The van der Waals surface area contributed by atoms with Crippen LogP contribution >= 0.6 is 0 Å². The standard InChI is InChI=1S/C12H20N2/c1-2-9-3-4-10(8-13)12(7-9)14-11-5-6-11/h9-12,14H,2-7H2,1H3. The molecule has 1 N–H and O–H groups in total. The van der Waals surface area contributed by atoms with Crippen molar-refractivity contribution >= 4 is 0 Å². The second kappa shape index (κ2) is 4.31. The fourth-order valence-electron chi connectivity index (χ4n) is 2.52. The second-order valence-corrected chi connectivity index (χ2v) is 4.87. The molecule has 0 aromatic heterocycles. The number of nitrogens with zero attached hydrogens (tertiary/aromatic N) is 1. The molecule has 0 aromatic carbocycles. The van der Waals surface area contributed by atoms with Gasteiger partial charge < -0.3 is 5.32 Å². The molecular weight excluding hydrogens is 172 g/mol. The molecule has 0 saturated heterocycles. The van der Waals surface area contributed by atoms with Crippen molar-refractivity contribution in [1.82, 2.24) is 5.32 Å². The van der Waals surface area contributed by atoms with Crippen molar-refractivity contribution < 1.29 is 0 Å². The van der Waals surface area contributed by atoms with Gasteiger partial charge in [-0.3, -0.25) is 0 Å². The third-order valence-electron chi connectivity index (χ3n) is 3.73. The van der Waals surface area contributed by atoms with Crippen LogP contribution in [-0.2, 0) is 0 Å². The SMILES string of the molecule is CCC1CCC(C#N)C(NC2CC2)C1. The van der Waals surface area contributed by atoms with Crippen LogP contribution in [0.2, 0.25) is 0 Å². The zero-order chi connectivity index (χ0) is 9.97. The zero-order valence-corrected chi connectivity index (χ0v) is 9.00. The highest BCUT2D eigenvalue weighted by Crippen LogP contribution is 2.32. The molecule has 2 saturated carbocycles. The molecule has 3 unspecified atom stereocenters. The van der Waals surface area contributed by atoms with Crippen molar-refractivity contribution in [2.75, 3.05) is 0 Å². The van der Waals surface area contributed by atoms with Crippen molar-refractivity contribution in [3.05, 3.63) is 0 Å². The molecule has 0 aromatic rings. The summed E-state index contributed by atoms with van der Waals surface area (Å²) >= 11 is 0. The molecule has 3 atom stereocenters. The Kier molecular flexibility index (Phi) is 3.08. The third kappa shape index (κ3) is 2.27. The van der Waals surface area contributed by atoms with Crippen LogP contribution in [0.5, 0.6) is 0 Å². The molecule has 0 amide bonds. The maximum atomic E-state index is 9.06. The van der Waals surface area contributed by atoms with Gasteiger partial charge in [0.2, 0.25) is 0 Å². The van der Waals surface area contributed by atoms with Gasteiger partial charge in [0.25, 0.3) is 0 Å². The van der Waals surface area contributed by atoms with E-state index in [9.17, 15) is 0 Å². The van der Waals surface area contributed by atoms with E-state index in [1.165, 1.54) is 32.1 Å². The Balaban J connectivity index is 1.89. The quantitative estimate of drug-likeness (QED) is 0.745. The molecule has 14 heavy (non-hydrogen) atoms. The first-order valence-electron chi connectivity index (χ1n) is 5.99. The van der Waals surface area contributed by atoms with E-state index in [0.29, 0.717) is 6.04 Å². The zero-order valence-electron chi connectivity index (χ0n) is 9.00. The lowest BCUT2D eigenvalue weighted by Crippen LogP contribution is -2.41. The van der Waals surface area contributed by atoms with Gasteiger partial charge in [-0.15, -0.1) is 0 Å². The Morgan fingerprint density at radius 1 is 1.29 bits per heavy atom. The largest absolute Gasteiger partial charge is 0.310 e. The normalized spacial score (nSPS) is 37.9. The van der Waals surface area contributed by atoms with Crippen LogP contribution in [0.25, 0.3) is 0 Å². The second-order valence-electron chi connectivity index (χ2n) is 4.87. The summed E-state index contributed by atoms with van der Waals surface area (Å²) in [6.45, 7) is 2.27. The molecular formula is C12H20N2. The van der Waals surface area contributed by atoms with Gasteiger partial charge >= 0.3 is 0 Å². The number of hydrogen-bond acceptors (Lipinski definition) is 2. The summed E-state index contributed by atoms with van der Waals surface area (Å²) < 4.78 is 0. The van der Waals surface area contributed by atoms with Crippen LogP contribution in [0.3, 0.4) is 0 Å². The molecule has 0 bridgehead atoms. The van der Waals surface area contributed by atoms with Crippen LogP contribution < -0.4 is 5.32 Å². The van der Waals surface area contributed by atoms with Crippen molar-refractivity contribution in [3.8, 4) is 6.07 Å². The molecule has 0 radical (unpaired) electrons. The maximum Gasteiger partial charge on any atom is 0.0672 e. The maximum absolute atomic E-state index is 9.06. The van der Waals surface area contributed by atoms with Gasteiger partial charge in [0.15, 0.2) is 0 Å². The number of nitriles is 1. The van der Waals surface area contributed by atoms with E-state index >= 15 is 0 Å². The molecule has 78 valence electrons. The molecule has 0 heterocycles. The van der Waals surface area contributed by atoms with Gasteiger partial charge in [-0.05, 0) is 38.0 Å². The van der Waals surface area contributed by atoms with Gasteiger partial charge in [-0.1, -0.05) is 13.3 Å². The summed E-state index contributed by atoms with van der Waals surface area (Å²) in [6, 6.07) is 3.70. The summed E-state index contributed by atoms with van der Waals surface area (Å²) in [5.74, 6) is 1.13. The van der Waals surface area contributed by atoms with Crippen molar-refractivity contribution in [3.63, 3.8) is 0 Å². The molecule has 2 aliphatic carbocycles. The molecule has 2 aliphatic rings. The van der Waals surface area contributed by atoms with E-state index in [0.717, 1.165) is 18.4 Å². The highest BCUT2D eigenvalue weighted by Gasteiger charge is 2.33. The topological polar surface area (TPSA) is 35.8 Å². The van der Waals surface area contributed by atoms with Gasteiger partial charge in [-0.25, -0.2) is 0 Å². The minimum atomic E-state index is 0.276. The Morgan fingerprint density at radius 3 is 2.64 bits per heavy atom. The predicted molar refractivity (Wildman–Crippen MR) is 56.7 cm³/mol. The average Bonchev–Trinajstić information content (AvgIpc) is 3.01. The van der Waals surface area contributed by atoms with Crippen molar-refractivity contribution in [2.45, 2.75) is 57.5 Å². The summed E-state index contributed by atoms with van der Waals surface area (Å²) in [4.78, 5) is 0. The Labute approximate surface area is 86.7 Å². The van der Waals surface area contributed by atoms with Gasteiger partial charge in [-0.2, -0.15) is 5.26 Å². The van der Waals surface area contributed by atoms with Gasteiger partial charge in [0, 0.05) is 12.1 Å². The van der Waals surface area contributed by atoms with E-state index in [1.54, 1.807) is 0 Å². The lowest BCUT2D eigenvalue weighted by atomic mass is 9.78. The summed E-state index contributed by atoms with van der Waals surface area (Å²) in [6.07, 6.45) is 7.53. The minimum absolute atomic E-state index is 0.276. The molecule has 2 heteroatoms. The summed E-state index contributed by atoms with van der Waals surface area (Å²) in [5, 5.41) is 12.7. The molecule has 2 fully saturated rings. The van der Waals surface area contributed by atoms with Crippen molar-refractivity contribution in [1.29, 1.82) is 5.26 Å². The van der Waals surface area contributed by atoms with Crippen LogP contribution in [0, 0.1) is 23.2 Å². The minimum Gasteiger partial charge on any atom is -0.310 e. The Hall–Kier alpha value is -0.550. The lowest BCUT2D eigenvalue weighted by Gasteiger charge is -2.33. The first-order chi connectivity index (χ1) is 6.83. The Bertz CT molecular complexity index is 227. The first kappa shape index (κ1) is 9.98. The monoisotopic (exact) mass is 192 g/mol. The summed E-state index contributed by atoms with van der Waals surface area (Å²) in [7, 11) is 0. The fraction of sp³-hybridized carbons (Fsp3) is 0.917. The van der Waals surface area contributed by atoms with Crippen molar-refractivity contribution in [2.24, 2.45) is 11.8 Å². The molecule has 2 nitrogen and oxygen atoms in total. The van der Waals surface area contributed by atoms with E-state index in [-0.39, 0.29) is 5.92 Å². The number of nitrogens with one attached hydrogen (secondary N) is 1.